The van der Waals surface area contributed by atoms with Crippen molar-refractivity contribution in [3.05, 3.63) is 12.2 Å². The molecule has 0 aliphatic heterocycles. The lowest BCUT2D eigenvalue weighted by Crippen LogP contribution is -2.31. The van der Waals surface area contributed by atoms with Crippen LogP contribution >= 0.6 is 0 Å². The molecule has 0 radical (unpaired) electrons. The fourth-order valence-corrected chi connectivity index (χ4v) is 1.76. The maximum absolute atomic E-state index is 11.5. The Bertz CT molecular complexity index is 290. The SMILES string of the molecule is [2H]NC(=O)[C@H]1CC(=C)C[C@@H]1C(=O)OCC. The molecule has 0 bridgehead atoms. The van der Waals surface area contributed by atoms with E-state index in [4.69, 9.17) is 6.15 Å². The third kappa shape index (κ3) is 2.13. The Hall–Kier alpha value is -1.32. The van der Waals surface area contributed by atoms with E-state index < -0.39 is 17.7 Å². The van der Waals surface area contributed by atoms with Gasteiger partial charge in [0.25, 0.3) is 0 Å². The summed E-state index contributed by atoms with van der Waals surface area (Å²) in [5.74, 6) is -1.77. The highest BCUT2D eigenvalue weighted by Gasteiger charge is 2.39. The smallest absolute Gasteiger partial charge is 0.310 e. The molecule has 0 spiro atoms. The fourth-order valence-electron chi connectivity index (χ4n) is 1.76. The van der Waals surface area contributed by atoms with Crippen molar-refractivity contribution in [2.75, 3.05) is 6.61 Å². The van der Waals surface area contributed by atoms with Crippen LogP contribution in [-0.2, 0) is 14.3 Å². The maximum atomic E-state index is 11.5. The van der Waals surface area contributed by atoms with Gasteiger partial charge in [0.05, 0.1) is 18.4 Å². The molecular weight excluding hydrogens is 182 g/mol. The summed E-state index contributed by atoms with van der Waals surface area (Å²) in [6.07, 6.45) is 0.950. The number of nitrogens with two attached hydrogens (primary N) is 1. The zero-order valence-corrected chi connectivity index (χ0v) is 8.21. The Labute approximate surface area is 84.6 Å². The molecule has 0 aromatic carbocycles. The minimum Gasteiger partial charge on any atom is -0.466 e. The first kappa shape index (κ1) is 9.24. The van der Waals surface area contributed by atoms with Crippen LogP contribution in [0.1, 0.15) is 19.8 Å². The van der Waals surface area contributed by atoms with Gasteiger partial charge in [-0.3, -0.25) is 9.59 Å². The monoisotopic (exact) mass is 198 g/mol. The molecule has 2 N–H and O–H groups in total. The second kappa shape index (κ2) is 4.26. The second-order valence-electron chi connectivity index (χ2n) is 3.49. The number of carbonyl (C=O) groups excluding carboxylic acids is 2. The Balaban J connectivity index is 2.72. The van der Waals surface area contributed by atoms with E-state index in [-0.39, 0.29) is 5.97 Å². The van der Waals surface area contributed by atoms with Gasteiger partial charge in [0, 0.05) is 0 Å². The first-order valence-corrected chi connectivity index (χ1v) is 4.65. The zero-order chi connectivity index (χ0) is 11.4. The molecule has 1 saturated carbocycles. The van der Waals surface area contributed by atoms with E-state index in [1.54, 1.807) is 6.92 Å². The quantitative estimate of drug-likeness (QED) is 0.533. The van der Waals surface area contributed by atoms with Crippen molar-refractivity contribution in [1.29, 1.82) is 0 Å². The van der Waals surface area contributed by atoms with Gasteiger partial charge in [0.15, 0.2) is 1.41 Å². The average molecular weight is 198 g/mol. The molecule has 0 saturated heterocycles. The van der Waals surface area contributed by atoms with Crippen LogP contribution in [0, 0.1) is 11.8 Å². The third-order valence-corrected chi connectivity index (χ3v) is 2.43. The summed E-state index contributed by atoms with van der Waals surface area (Å²) in [6.45, 7) is 5.79. The molecule has 2 atom stereocenters. The van der Waals surface area contributed by atoms with Crippen molar-refractivity contribution in [2.24, 2.45) is 17.6 Å². The predicted molar refractivity (Wildman–Crippen MR) is 51.2 cm³/mol. The normalized spacial score (nSPS) is 26.9. The Morgan fingerprint density at radius 1 is 1.64 bits per heavy atom. The lowest BCUT2D eigenvalue weighted by molar-refractivity contribution is -0.151. The summed E-state index contributed by atoms with van der Waals surface area (Å²) >= 11 is 0. The number of carbonyl (C=O) groups is 2. The van der Waals surface area contributed by atoms with E-state index in [9.17, 15) is 9.59 Å². The van der Waals surface area contributed by atoms with Crippen molar-refractivity contribution in [2.45, 2.75) is 19.8 Å². The molecule has 4 heteroatoms. The summed E-state index contributed by atoms with van der Waals surface area (Å²) < 4.78 is 11.7. The van der Waals surface area contributed by atoms with Crippen molar-refractivity contribution >= 4 is 11.9 Å². The van der Waals surface area contributed by atoms with E-state index in [1.807, 2.05) is 5.73 Å². The Morgan fingerprint density at radius 2 is 2.29 bits per heavy atom. The predicted octanol–water partition coefficient (Wildman–Crippen LogP) is 0.617. The summed E-state index contributed by atoms with van der Waals surface area (Å²) in [4.78, 5) is 22.8. The number of hydrogen-bond acceptors (Lipinski definition) is 3. The van der Waals surface area contributed by atoms with Crippen LogP contribution in [0.25, 0.3) is 0 Å². The van der Waals surface area contributed by atoms with Crippen LogP contribution in [0.2, 0.25) is 1.41 Å². The maximum Gasteiger partial charge on any atom is 0.310 e. The topological polar surface area (TPSA) is 69.4 Å². The van der Waals surface area contributed by atoms with Crippen molar-refractivity contribution in [3.8, 4) is 0 Å². The summed E-state index contributed by atoms with van der Waals surface area (Å²) in [6, 6.07) is 0. The number of esters is 1. The molecule has 1 fully saturated rings. The van der Waals surface area contributed by atoms with Crippen LogP contribution in [0.15, 0.2) is 12.2 Å². The minimum atomic E-state index is -0.492. The molecule has 1 aliphatic rings. The lowest BCUT2D eigenvalue weighted by Gasteiger charge is -2.13. The van der Waals surface area contributed by atoms with Gasteiger partial charge in [0.2, 0.25) is 5.91 Å². The van der Waals surface area contributed by atoms with E-state index in [0.29, 0.717) is 19.4 Å². The number of rotatable bonds is 3. The van der Waals surface area contributed by atoms with Gasteiger partial charge >= 0.3 is 5.97 Å². The molecule has 0 aromatic rings. The molecule has 4 nitrogen and oxygen atoms in total. The van der Waals surface area contributed by atoms with E-state index in [0.717, 1.165) is 5.57 Å². The number of primary amides is 1. The molecule has 0 aromatic heterocycles. The molecular formula is C10H15NO3. The summed E-state index contributed by atoms with van der Waals surface area (Å²) in [5.41, 5.74) is 2.68. The third-order valence-electron chi connectivity index (χ3n) is 2.43. The number of ether oxygens (including phenoxy) is 1. The first-order valence-electron chi connectivity index (χ1n) is 5.15. The van der Waals surface area contributed by atoms with Crippen LogP contribution in [0.3, 0.4) is 0 Å². The fraction of sp³-hybridized carbons (Fsp3) is 0.600. The standard InChI is InChI=1S/C10H15NO3/c1-3-14-10(13)8-5-6(2)4-7(8)9(11)12/h7-8H,2-5H2,1H3,(H2,11,12)/t7-,8-/m0/s1/i/hD. The highest BCUT2D eigenvalue weighted by atomic mass is 16.5. The molecule has 1 aliphatic carbocycles. The summed E-state index contributed by atoms with van der Waals surface area (Å²) in [5, 5.41) is 0. The zero-order valence-electron chi connectivity index (χ0n) is 9.21. The molecule has 78 valence electrons. The van der Waals surface area contributed by atoms with Gasteiger partial charge in [-0.15, -0.1) is 0 Å². The van der Waals surface area contributed by atoms with E-state index in [2.05, 4.69) is 6.58 Å². The van der Waals surface area contributed by atoms with E-state index >= 15 is 0 Å². The van der Waals surface area contributed by atoms with Gasteiger partial charge in [-0.05, 0) is 19.8 Å². The van der Waals surface area contributed by atoms with Gasteiger partial charge < -0.3 is 10.5 Å². The van der Waals surface area contributed by atoms with Crippen LogP contribution in [-0.4, -0.2) is 18.5 Å². The average Bonchev–Trinajstić information content (AvgIpc) is 2.59. The highest BCUT2D eigenvalue weighted by Crippen LogP contribution is 2.35. The minimum absolute atomic E-state index is 0.303. The van der Waals surface area contributed by atoms with Crippen LogP contribution in [0.5, 0.6) is 0 Å². The van der Waals surface area contributed by atoms with Crippen LogP contribution < -0.4 is 5.73 Å². The number of amides is 1. The molecule has 0 heterocycles. The number of allylic oxidation sites excluding steroid dienone is 1. The van der Waals surface area contributed by atoms with Gasteiger partial charge in [0.1, 0.15) is 0 Å². The molecule has 1 rings (SSSR count). The van der Waals surface area contributed by atoms with Crippen molar-refractivity contribution in [1.82, 2.24) is 0 Å². The van der Waals surface area contributed by atoms with Crippen LogP contribution in [0.4, 0.5) is 0 Å². The van der Waals surface area contributed by atoms with Gasteiger partial charge in [-0.25, -0.2) is 0 Å². The Morgan fingerprint density at radius 3 is 2.86 bits per heavy atom. The highest BCUT2D eigenvalue weighted by molar-refractivity contribution is 5.85. The van der Waals surface area contributed by atoms with Crippen molar-refractivity contribution < 1.29 is 15.7 Å². The first-order chi connectivity index (χ1) is 7.10. The van der Waals surface area contributed by atoms with Gasteiger partial charge in [-0.2, -0.15) is 0 Å². The number of hydrogen-bond donors (Lipinski definition) is 1. The largest absolute Gasteiger partial charge is 0.466 e. The van der Waals surface area contributed by atoms with E-state index in [1.165, 1.54) is 0 Å². The van der Waals surface area contributed by atoms with Crippen molar-refractivity contribution in [3.63, 3.8) is 0 Å². The Kier molecular flexibility index (Phi) is 2.81. The molecule has 1 amide bonds. The lowest BCUT2D eigenvalue weighted by atomic mass is 9.96. The molecule has 0 unspecified atom stereocenters. The second-order valence-corrected chi connectivity index (χ2v) is 3.49. The summed E-state index contributed by atoms with van der Waals surface area (Å²) in [7, 11) is 0. The molecule has 14 heavy (non-hydrogen) atoms. The van der Waals surface area contributed by atoms with Gasteiger partial charge in [-0.1, -0.05) is 12.2 Å².